The SMILES string of the molecule is O=C(CCN1C(=O)/C(=C/c2ccccc2OC(F)F)SC1=S)Nc1cccc(C(=O)O)c1. The quantitative estimate of drug-likeness (QED) is 0.433. The predicted octanol–water partition coefficient (Wildman–Crippen LogP) is 4.22. The van der Waals surface area contributed by atoms with E-state index in [0.29, 0.717) is 11.3 Å². The maximum absolute atomic E-state index is 12.7. The number of carbonyl (C=O) groups is 3. The molecular formula is C21H16F2N2O5S2. The third-order valence-corrected chi connectivity index (χ3v) is 5.63. The third kappa shape index (κ3) is 5.89. The Bertz CT molecular complexity index is 1110. The second kappa shape index (κ2) is 10.3. The second-order valence-corrected chi connectivity index (χ2v) is 8.11. The number of amides is 2. The van der Waals surface area contributed by atoms with Crippen molar-refractivity contribution < 1.29 is 33.0 Å². The highest BCUT2D eigenvalue weighted by Crippen LogP contribution is 2.34. The average molecular weight is 478 g/mol. The van der Waals surface area contributed by atoms with Gasteiger partial charge in [0, 0.05) is 24.2 Å². The smallest absolute Gasteiger partial charge is 0.387 e. The van der Waals surface area contributed by atoms with E-state index in [1.54, 1.807) is 12.1 Å². The summed E-state index contributed by atoms with van der Waals surface area (Å²) in [6, 6.07) is 11.8. The summed E-state index contributed by atoms with van der Waals surface area (Å²) in [7, 11) is 0. The van der Waals surface area contributed by atoms with Crippen LogP contribution in [0.4, 0.5) is 14.5 Å². The van der Waals surface area contributed by atoms with Crippen molar-refractivity contribution in [3.05, 3.63) is 64.6 Å². The van der Waals surface area contributed by atoms with E-state index in [4.69, 9.17) is 17.3 Å². The van der Waals surface area contributed by atoms with Gasteiger partial charge in [-0.3, -0.25) is 14.5 Å². The van der Waals surface area contributed by atoms with Crippen LogP contribution in [0.1, 0.15) is 22.3 Å². The van der Waals surface area contributed by atoms with Crippen molar-refractivity contribution in [3.63, 3.8) is 0 Å². The number of benzene rings is 2. The lowest BCUT2D eigenvalue weighted by Crippen LogP contribution is -2.31. The fraction of sp³-hybridized carbons (Fsp3) is 0.143. The van der Waals surface area contributed by atoms with Gasteiger partial charge in [0.15, 0.2) is 0 Å². The molecule has 1 fully saturated rings. The molecule has 11 heteroatoms. The van der Waals surface area contributed by atoms with E-state index < -0.39 is 24.4 Å². The van der Waals surface area contributed by atoms with Crippen molar-refractivity contribution in [2.45, 2.75) is 13.0 Å². The van der Waals surface area contributed by atoms with E-state index >= 15 is 0 Å². The van der Waals surface area contributed by atoms with Crippen LogP contribution in [0, 0.1) is 0 Å². The van der Waals surface area contributed by atoms with E-state index in [0.717, 1.165) is 11.8 Å². The lowest BCUT2D eigenvalue weighted by Gasteiger charge is -2.14. The van der Waals surface area contributed by atoms with Crippen LogP contribution in [-0.2, 0) is 9.59 Å². The molecule has 2 aromatic rings. The van der Waals surface area contributed by atoms with Gasteiger partial charge in [0.1, 0.15) is 10.1 Å². The van der Waals surface area contributed by atoms with E-state index in [9.17, 15) is 23.2 Å². The van der Waals surface area contributed by atoms with Crippen LogP contribution < -0.4 is 10.1 Å². The first-order valence-corrected chi connectivity index (χ1v) is 10.4. The number of carboxylic acids is 1. The van der Waals surface area contributed by atoms with Crippen molar-refractivity contribution in [1.82, 2.24) is 4.90 Å². The number of rotatable bonds is 8. The highest BCUT2D eigenvalue weighted by Gasteiger charge is 2.32. The molecule has 0 aliphatic carbocycles. The lowest BCUT2D eigenvalue weighted by molar-refractivity contribution is -0.122. The van der Waals surface area contributed by atoms with Crippen molar-refractivity contribution >= 4 is 57.8 Å². The maximum atomic E-state index is 12.7. The van der Waals surface area contributed by atoms with Crippen LogP contribution in [0.15, 0.2) is 53.4 Å². The highest BCUT2D eigenvalue weighted by molar-refractivity contribution is 8.26. The van der Waals surface area contributed by atoms with Crippen molar-refractivity contribution in [2.24, 2.45) is 0 Å². The summed E-state index contributed by atoms with van der Waals surface area (Å²) in [4.78, 5) is 37.4. The van der Waals surface area contributed by atoms with E-state index in [1.807, 2.05) is 0 Å². The van der Waals surface area contributed by atoms with Gasteiger partial charge in [-0.2, -0.15) is 8.78 Å². The summed E-state index contributed by atoms with van der Waals surface area (Å²) in [5.41, 5.74) is 0.640. The number of hydrogen-bond donors (Lipinski definition) is 2. The molecule has 3 rings (SSSR count). The highest BCUT2D eigenvalue weighted by atomic mass is 32.2. The minimum atomic E-state index is -3.01. The number of nitrogens with zero attached hydrogens (tertiary/aromatic N) is 1. The first-order chi connectivity index (χ1) is 15.2. The number of carbonyl (C=O) groups excluding carboxylic acids is 2. The number of para-hydroxylation sites is 1. The van der Waals surface area contributed by atoms with Gasteiger partial charge >= 0.3 is 12.6 Å². The summed E-state index contributed by atoms with van der Waals surface area (Å²) in [6.45, 7) is -3.00. The van der Waals surface area contributed by atoms with Gasteiger partial charge in [-0.05, 0) is 30.3 Å². The summed E-state index contributed by atoms with van der Waals surface area (Å²) in [5.74, 6) is -2.07. The fourth-order valence-corrected chi connectivity index (χ4v) is 4.10. The molecule has 1 heterocycles. The number of anilines is 1. The third-order valence-electron chi connectivity index (χ3n) is 4.25. The first-order valence-electron chi connectivity index (χ1n) is 9.17. The number of halogens is 2. The largest absolute Gasteiger partial charge is 0.478 e. The number of thiocarbonyl (C=S) groups is 1. The van der Waals surface area contributed by atoms with Crippen LogP contribution in [0.25, 0.3) is 6.08 Å². The Morgan fingerprint density at radius 1 is 1.22 bits per heavy atom. The molecule has 0 aromatic heterocycles. The molecule has 0 atom stereocenters. The summed E-state index contributed by atoms with van der Waals surface area (Å²) in [5, 5.41) is 11.6. The monoisotopic (exact) mass is 478 g/mol. The molecule has 2 amide bonds. The molecule has 7 nitrogen and oxygen atoms in total. The van der Waals surface area contributed by atoms with Crippen LogP contribution >= 0.6 is 24.0 Å². The number of alkyl halides is 2. The molecule has 0 unspecified atom stereocenters. The number of aromatic carboxylic acids is 1. The zero-order valence-corrected chi connectivity index (χ0v) is 17.9. The van der Waals surface area contributed by atoms with Gasteiger partial charge < -0.3 is 15.2 Å². The standard InChI is InChI=1S/C21H16F2N2O5S2/c22-20(23)30-15-7-2-1-4-12(15)11-16-18(27)25(21(31)32-16)9-8-17(26)24-14-6-3-5-13(10-14)19(28)29/h1-7,10-11,20H,8-9H2,(H,24,26)(H,28,29)/b16-11-. The van der Waals surface area contributed by atoms with E-state index in [-0.39, 0.29) is 33.5 Å². The average Bonchev–Trinajstić information content (AvgIpc) is 3.00. The zero-order chi connectivity index (χ0) is 23.3. The Morgan fingerprint density at radius 2 is 1.97 bits per heavy atom. The predicted molar refractivity (Wildman–Crippen MR) is 120 cm³/mol. The Hall–Kier alpha value is -3.31. The molecule has 166 valence electrons. The van der Waals surface area contributed by atoms with Crippen LogP contribution in [0.2, 0.25) is 0 Å². The molecule has 2 aromatic carbocycles. The number of ether oxygens (including phenoxy) is 1. The minimum absolute atomic E-state index is 0.00163. The number of hydrogen-bond acceptors (Lipinski definition) is 6. The van der Waals surface area contributed by atoms with Crippen LogP contribution in [-0.4, -0.2) is 45.3 Å². The van der Waals surface area contributed by atoms with Gasteiger partial charge in [0.05, 0.1) is 10.5 Å². The first kappa shape index (κ1) is 23.4. The molecule has 1 aliphatic rings. The Balaban J connectivity index is 1.64. The fourth-order valence-electron chi connectivity index (χ4n) is 2.80. The van der Waals surface area contributed by atoms with Gasteiger partial charge in [-0.25, -0.2) is 4.79 Å². The number of nitrogens with one attached hydrogen (secondary N) is 1. The zero-order valence-electron chi connectivity index (χ0n) is 16.3. The van der Waals surface area contributed by atoms with Gasteiger partial charge in [0.25, 0.3) is 5.91 Å². The van der Waals surface area contributed by atoms with Gasteiger partial charge in [0.2, 0.25) is 5.91 Å². The number of carboxylic acid groups (broad SMARTS) is 1. The number of thioether (sulfide) groups is 1. The van der Waals surface area contributed by atoms with Crippen LogP contribution in [0.3, 0.4) is 0 Å². The lowest BCUT2D eigenvalue weighted by atomic mass is 10.2. The van der Waals surface area contributed by atoms with Gasteiger partial charge in [-0.1, -0.05) is 48.2 Å². The minimum Gasteiger partial charge on any atom is -0.478 e. The summed E-state index contributed by atoms with van der Waals surface area (Å²) < 4.78 is 29.9. The Kier molecular flexibility index (Phi) is 7.54. The van der Waals surface area contributed by atoms with E-state index in [1.165, 1.54) is 47.4 Å². The van der Waals surface area contributed by atoms with Gasteiger partial charge in [-0.15, -0.1) is 0 Å². The maximum Gasteiger partial charge on any atom is 0.387 e. The molecule has 32 heavy (non-hydrogen) atoms. The molecule has 1 aliphatic heterocycles. The molecular weight excluding hydrogens is 462 g/mol. The van der Waals surface area contributed by atoms with Crippen molar-refractivity contribution in [3.8, 4) is 5.75 Å². The molecule has 0 saturated carbocycles. The Morgan fingerprint density at radius 3 is 2.69 bits per heavy atom. The van der Waals surface area contributed by atoms with Crippen LogP contribution in [0.5, 0.6) is 5.75 Å². The molecule has 1 saturated heterocycles. The topological polar surface area (TPSA) is 95.9 Å². The molecule has 0 radical (unpaired) electrons. The summed E-state index contributed by atoms with van der Waals surface area (Å²) in [6.07, 6.45) is 1.33. The molecule has 2 N–H and O–H groups in total. The van der Waals surface area contributed by atoms with Crippen molar-refractivity contribution in [2.75, 3.05) is 11.9 Å². The van der Waals surface area contributed by atoms with E-state index in [2.05, 4.69) is 10.1 Å². The molecule has 0 bridgehead atoms. The molecule has 0 spiro atoms. The van der Waals surface area contributed by atoms with Crippen molar-refractivity contribution in [1.29, 1.82) is 0 Å². The second-order valence-electron chi connectivity index (χ2n) is 6.43. The Labute approximate surface area is 191 Å². The summed E-state index contributed by atoms with van der Waals surface area (Å²) >= 11 is 6.21. The normalized spacial score (nSPS) is 14.8.